The smallest absolute Gasteiger partial charge is 0.164 e. The van der Waals surface area contributed by atoms with Crippen LogP contribution in [0.3, 0.4) is 0 Å². The summed E-state index contributed by atoms with van der Waals surface area (Å²) >= 11 is 0. The molecule has 0 fully saturated rings. The number of rotatable bonds is 4. The van der Waals surface area contributed by atoms with E-state index >= 15 is 4.39 Å². The largest absolute Gasteiger partial charge is 0.496 e. The molecular formula is C20H18F2N4O. The molecule has 0 bridgehead atoms. The summed E-state index contributed by atoms with van der Waals surface area (Å²) in [6.07, 6.45) is 1.50. The molecular weight excluding hydrogens is 350 g/mol. The van der Waals surface area contributed by atoms with Gasteiger partial charge >= 0.3 is 0 Å². The fourth-order valence-corrected chi connectivity index (χ4v) is 3.40. The van der Waals surface area contributed by atoms with E-state index in [-0.39, 0.29) is 16.9 Å². The van der Waals surface area contributed by atoms with Gasteiger partial charge in [-0.1, -0.05) is 18.7 Å². The summed E-state index contributed by atoms with van der Waals surface area (Å²) in [5, 5.41) is 11.6. The van der Waals surface area contributed by atoms with Gasteiger partial charge in [-0.25, -0.2) is 8.78 Å². The maximum absolute atomic E-state index is 15.2. The van der Waals surface area contributed by atoms with Crippen molar-refractivity contribution in [1.82, 2.24) is 20.1 Å². The normalized spacial score (nSPS) is 13.3. The number of halogens is 2. The highest BCUT2D eigenvalue weighted by atomic mass is 19.1. The Morgan fingerprint density at radius 3 is 2.81 bits per heavy atom. The quantitative estimate of drug-likeness (QED) is 0.764. The second kappa shape index (κ2) is 6.92. The number of nitrogens with one attached hydrogen (secondary N) is 1. The number of fused-ring (bicyclic) bond motifs is 1. The first-order valence-electron chi connectivity index (χ1n) is 8.56. The SMILES string of the molecule is C=Cc1cc(-c2nnc3n2CCNC3)cc(F)c1-c1c(F)cccc1OC. The van der Waals surface area contributed by atoms with Crippen molar-refractivity contribution in [2.75, 3.05) is 13.7 Å². The lowest BCUT2D eigenvalue weighted by Crippen LogP contribution is -2.28. The van der Waals surface area contributed by atoms with E-state index in [1.165, 1.54) is 31.4 Å². The summed E-state index contributed by atoms with van der Waals surface area (Å²) in [5.41, 5.74) is 1.22. The van der Waals surface area contributed by atoms with Gasteiger partial charge < -0.3 is 14.6 Å². The molecule has 0 aliphatic carbocycles. The van der Waals surface area contributed by atoms with Gasteiger partial charge in [0, 0.05) is 24.2 Å². The third kappa shape index (κ3) is 2.90. The van der Waals surface area contributed by atoms with Gasteiger partial charge in [0.2, 0.25) is 0 Å². The summed E-state index contributed by atoms with van der Waals surface area (Å²) < 4.78 is 36.9. The molecule has 4 rings (SSSR count). The lowest BCUT2D eigenvalue weighted by atomic mass is 9.95. The summed E-state index contributed by atoms with van der Waals surface area (Å²) in [6.45, 7) is 5.88. The standard InChI is InChI=1S/C20H18F2N4O/c1-3-12-9-13(20-25-24-17-11-23-7-8-26(17)20)10-15(22)18(12)19-14(21)5-4-6-16(19)27-2/h3-6,9-10,23H,1,7-8,11H2,2H3. The molecule has 27 heavy (non-hydrogen) atoms. The van der Waals surface area contributed by atoms with E-state index in [0.717, 1.165) is 12.4 Å². The molecule has 5 nitrogen and oxygen atoms in total. The predicted molar refractivity (Wildman–Crippen MR) is 99.2 cm³/mol. The molecule has 2 aromatic carbocycles. The Labute approximate surface area is 155 Å². The third-order valence-corrected chi connectivity index (χ3v) is 4.67. The van der Waals surface area contributed by atoms with Crippen LogP contribution < -0.4 is 10.1 Å². The molecule has 0 saturated carbocycles. The molecule has 0 unspecified atom stereocenters. The van der Waals surface area contributed by atoms with Crippen molar-refractivity contribution in [2.24, 2.45) is 0 Å². The van der Waals surface area contributed by atoms with Crippen molar-refractivity contribution in [1.29, 1.82) is 0 Å². The van der Waals surface area contributed by atoms with Gasteiger partial charge in [0.05, 0.1) is 19.2 Å². The van der Waals surface area contributed by atoms with Gasteiger partial charge in [-0.05, 0) is 29.8 Å². The minimum Gasteiger partial charge on any atom is -0.496 e. The number of hydrogen-bond donors (Lipinski definition) is 1. The molecule has 3 aromatic rings. The van der Waals surface area contributed by atoms with E-state index in [0.29, 0.717) is 30.0 Å². The molecule has 1 N–H and O–H groups in total. The van der Waals surface area contributed by atoms with Crippen LogP contribution in [0.1, 0.15) is 11.4 Å². The first-order valence-corrected chi connectivity index (χ1v) is 8.56. The first-order chi connectivity index (χ1) is 13.1. The van der Waals surface area contributed by atoms with Crippen LogP contribution in [0.15, 0.2) is 36.9 Å². The van der Waals surface area contributed by atoms with Gasteiger partial charge in [0.1, 0.15) is 23.2 Å². The summed E-state index contributed by atoms with van der Waals surface area (Å²) in [6, 6.07) is 7.50. The van der Waals surface area contributed by atoms with E-state index in [2.05, 4.69) is 22.1 Å². The molecule has 0 atom stereocenters. The fraction of sp³-hybridized carbons (Fsp3) is 0.200. The van der Waals surface area contributed by atoms with Crippen molar-refractivity contribution >= 4 is 6.08 Å². The number of benzene rings is 2. The second-order valence-electron chi connectivity index (χ2n) is 6.21. The van der Waals surface area contributed by atoms with Crippen molar-refractivity contribution in [2.45, 2.75) is 13.1 Å². The lowest BCUT2D eigenvalue weighted by Gasteiger charge is -2.17. The minimum atomic E-state index is -0.572. The molecule has 0 saturated heterocycles. The van der Waals surface area contributed by atoms with Crippen LogP contribution in [0.4, 0.5) is 8.78 Å². The highest BCUT2D eigenvalue weighted by Crippen LogP contribution is 2.39. The van der Waals surface area contributed by atoms with E-state index in [1.807, 2.05) is 4.57 Å². The van der Waals surface area contributed by atoms with Crippen LogP contribution in [-0.2, 0) is 13.1 Å². The zero-order chi connectivity index (χ0) is 19.0. The molecule has 2 heterocycles. The Balaban J connectivity index is 1.91. The Hall–Kier alpha value is -3.06. The van der Waals surface area contributed by atoms with Gasteiger partial charge in [0.25, 0.3) is 0 Å². The molecule has 1 aromatic heterocycles. The fourth-order valence-electron chi connectivity index (χ4n) is 3.40. The maximum Gasteiger partial charge on any atom is 0.164 e. The monoisotopic (exact) mass is 368 g/mol. The van der Waals surface area contributed by atoms with Crippen LogP contribution >= 0.6 is 0 Å². The van der Waals surface area contributed by atoms with E-state index in [9.17, 15) is 4.39 Å². The predicted octanol–water partition coefficient (Wildman–Crippen LogP) is 3.65. The van der Waals surface area contributed by atoms with E-state index in [4.69, 9.17) is 4.74 Å². The highest BCUT2D eigenvalue weighted by Gasteiger charge is 2.22. The highest BCUT2D eigenvalue weighted by molar-refractivity contribution is 5.82. The number of nitrogens with zero attached hydrogens (tertiary/aromatic N) is 3. The van der Waals surface area contributed by atoms with Crippen molar-refractivity contribution < 1.29 is 13.5 Å². The minimum absolute atomic E-state index is 0.0754. The van der Waals surface area contributed by atoms with E-state index < -0.39 is 11.6 Å². The van der Waals surface area contributed by atoms with E-state index in [1.54, 1.807) is 12.1 Å². The van der Waals surface area contributed by atoms with Crippen LogP contribution in [0.5, 0.6) is 5.75 Å². The van der Waals surface area contributed by atoms with Crippen molar-refractivity contribution in [3.63, 3.8) is 0 Å². The maximum atomic E-state index is 15.2. The van der Waals surface area contributed by atoms with Gasteiger partial charge in [-0.15, -0.1) is 10.2 Å². The molecule has 0 radical (unpaired) electrons. The zero-order valence-electron chi connectivity index (χ0n) is 14.8. The molecule has 7 heteroatoms. The summed E-state index contributed by atoms with van der Waals surface area (Å²) in [5.74, 6) is 0.514. The van der Waals surface area contributed by atoms with Gasteiger partial charge in [-0.3, -0.25) is 0 Å². The molecule has 1 aliphatic rings. The third-order valence-electron chi connectivity index (χ3n) is 4.67. The number of ether oxygens (including phenoxy) is 1. The average Bonchev–Trinajstić information content (AvgIpc) is 3.12. The topological polar surface area (TPSA) is 52.0 Å². The van der Waals surface area contributed by atoms with Crippen molar-refractivity contribution in [3.05, 3.63) is 59.9 Å². The Kier molecular flexibility index (Phi) is 4.45. The van der Waals surface area contributed by atoms with Crippen LogP contribution in [-0.4, -0.2) is 28.4 Å². The van der Waals surface area contributed by atoms with Gasteiger partial charge in [-0.2, -0.15) is 0 Å². The Bertz CT molecular complexity index is 1030. The molecule has 0 amide bonds. The lowest BCUT2D eigenvalue weighted by molar-refractivity contribution is 0.413. The molecule has 0 spiro atoms. The summed E-state index contributed by atoms with van der Waals surface area (Å²) in [7, 11) is 1.43. The average molecular weight is 368 g/mol. The van der Waals surface area contributed by atoms with Crippen molar-refractivity contribution in [3.8, 4) is 28.3 Å². The summed E-state index contributed by atoms with van der Waals surface area (Å²) in [4.78, 5) is 0. The molecule has 138 valence electrons. The number of hydrogen-bond acceptors (Lipinski definition) is 4. The Morgan fingerprint density at radius 2 is 2.04 bits per heavy atom. The Morgan fingerprint density at radius 1 is 1.19 bits per heavy atom. The zero-order valence-corrected chi connectivity index (χ0v) is 14.8. The first kappa shape index (κ1) is 17.4. The molecule has 1 aliphatic heterocycles. The van der Waals surface area contributed by atoms with Crippen LogP contribution in [0, 0.1) is 11.6 Å². The van der Waals surface area contributed by atoms with Crippen LogP contribution in [0.2, 0.25) is 0 Å². The second-order valence-corrected chi connectivity index (χ2v) is 6.21. The number of aromatic nitrogens is 3. The van der Waals surface area contributed by atoms with Crippen LogP contribution in [0.25, 0.3) is 28.6 Å². The van der Waals surface area contributed by atoms with Gasteiger partial charge in [0.15, 0.2) is 5.82 Å². The number of methoxy groups -OCH3 is 1.